The molecule has 0 amide bonds. The van der Waals surface area contributed by atoms with Gasteiger partial charge in [0.15, 0.2) is 5.76 Å². The van der Waals surface area contributed by atoms with E-state index in [2.05, 4.69) is 10.1 Å². The summed E-state index contributed by atoms with van der Waals surface area (Å²) in [5.41, 5.74) is 2.03. The van der Waals surface area contributed by atoms with E-state index in [0.29, 0.717) is 27.5 Å². The standard InChI is InChI=1S/C21H19ClN2O5/c1-4-27-20(25)15-11-23-19(13-6-8-14(22)9-7-13)18(16-10-12(3)24-29-16)17(15)21(26)28-5-2/h6-11H,4-5H2,1-3H3. The maximum absolute atomic E-state index is 12.9. The van der Waals surface area contributed by atoms with Crippen molar-refractivity contribution in [3.05, 3.63) is 58.4 Å². The molecule has 0 atom stereocenters. The smallest absolute Gasteiger partial charge is 0.340 e. The number of benzene rings is 1. The number of hydrogen-bond acceptors (Lipinski definition) is 7. The molecule has 150 valence electrons. The molecule has 2 aromatic heterocycles. The number of carbonyl (C=O) groups excluding carboxylic acids is 2. The zero-order chi connectivity index (χ0) is 21.0. The minimum absolute atomic E-state index is 0.00735. The molecule has 8 heteroatoms. The van der Waals surface area contributed by atoms with Gasteiger partial charge in [0.1, 0.15) is 0 Å². The number of carbonyl (C=O) groups is 2. The number of halogens is 1. The third-order valence-corrected chi connectivity index (χ3v) is 4.30. The second-order valence-corrected chi connectivity index (χ2v) is 6.49. The molecule has 0 saturated heterocycles. The minimum Gasteiger partial charge on any atom is -0.462 e. The topological polar surface area (TPSA) is 91.5 Å². The predicted molar refractivity (Wildman–Crippen MR) is 107 cm³/mol. The molecule has 0 unspecified atom stereocenters. The molecular formula is C21H19ClN2O5. The molecule has 29 heavy (non-hydrogen) atoms. The van der Waals surface area contributed by atoms with E-state index in [-0.39, 0.29) is 30.1 Å². The molecule has 2 heterocycles. The van der Waals surface area contributed by atoms with Crippen LogP contribution in [0.4, 0.5) is 0 Å². The van der Waals surface area contributed by atoms with E-state index < -0.39 is 11.9 Å². The van der Waals surface area contributed by atoms with E-state index in [9.17, 15) is 9.59 Å². The van der Waals surface area contributed by atoms with Gasteiger partial charge in [-0.25, -0.2) is 9.59 Å². The van der Waals surface area contributed by atoms with Crippen LogP contribution >= 0.6 is 11.6 Å². The third kappa shape index (κ3) is 4.30. The van der Waals surface area contributed by atoms with E-state index in [1.165, 1.54) is 6.20 Å². The lowest BCUT2D eigenvalue weighted by atomic mass is 9.95. The maximum atomic E-state index is 12.9. The summed E-state index contributed by atoms with van der Waals surface area (Å²) >= 11 is 6.00. The van der Waals surface area contributed by atoms with E-state index in [4.69, 9.17) is 25.6 Å². The van der Waals surface area contributed by atoms with Crippen LogP contribution in [0.25, 0.3) is 22.6 Å². The molecule has 0 N–H and O–H groups in total. The van der Waals surface area contributed by atoms with Crippen molar-refractivity contribution in [2.24, 2.45) is 0 Å². The third-order valence-electron chi connectivity index (χ3n) is 4.05. The van der Waals surface area contributed by atoms with Crippen LogP contribution in [0.3, 0.4) is 0 Å². The summed E-state index contributed by atoms with van der Waals surface area (Å²) in [6, 6.07) is 8.59. The van der Waals surface area contributed by atoms with Gasteiger partial charge in [-0.05, 0) is 32.9 Å². The number of ether oxygens (including phenoxy) is 2. The molecule has 0 aliphatic rings. The number of pyridine rings is 1. The van der Waals surface area contributed by atoms with Crippen LogP contribution in [0.1, 0.15) is 40.3 Å². The van der Waals surface area contributed by atoms with Crippen LogP contribution in [-0.2, 0) is 9.47 Å². The van der Waals surface area contributed by atoms with Crippen molar-refractivity contribution in [3.63, 3.8) is 0 Å². The summed E-state index contributed by atoms with van der Waals surface area (Å²) in [5, 5.41) is 4.46. The molecule has 0 bridgehead atoms. The van der Waals surface area contributed by atoms with Gasteiger partial charge < -0.3 is 14.0 Å². The van der Waals surface area contributed by atoms with E-state index >= 15 is 0 Å². The molecule has 0 radical (unpaired) electrons. The second kappa shape index (κ2) is 8.87. The maximum Gasteiger partial charge on any atom is 0.340 e. The molecule has 3 rings (SSSR count). The first-order valence-electron chi connectivity index (χ1n) is 9.03. The molecule has 0 fully saturated rings. The van der Waals surface area contributed by atoms with Gasteiger partial charge >= 0.3 is 11.9 Å². The molecule has 0 aliphatic heterocycles. The van der Waals surface area contributed by atoms with Crippen LogP contribution in [0, 0.1) is 6.92 Å². The molecule has 0 aliphatic carbocycles. The fraction of sp³-hybridized carbons (Fsp3) is 0.238. The molecule has 3 aromatic rings. The molecule has 1 aromatic carbocycles. The Hall–Kier alpha value is -3.19. The largest absolute Gasteiger partial charge is 0.462 e. The summed E-state index contributed by atoms with van der Waals surface area (Å²) in [6.07, 6.45) is 1.31. The number of rotatable bonds is 6. The average molecular weight is 415 g/mol. The van der Waals surface area contributed by atoms with Crippen LogP contribution in [0.5, 0.6) is 0 Å². The second-order valence-electron chi connectivity index (χ2n) is 6.05. The van der Waals surface area contributed by atoms with Gasteiger partial charge in [-0.1, -0.05) is 28.9 Å². The minimum atomic E-state index is -0.683. The first-order valence-corrected chi connectivity index (χ1v) is 9.40. The van der Waals surface area contributed by atoms with Gasteiger partial charge in [0, 0.05) is 22.8 Å². The highest BCUT2D eigenvalue weighted by molar-refractivity contribution is 6.30. The zero-order valence-corrected chi connectivity index (χ0v) is 16.9. The Kier molecular flexibility index (Phi) is 6.29. The fourth-order valence-electron chi connectivity index (χ4n) is 2.84. The predicted octanol–water partition coefficient (Wildman–Crippen LogP) is 4.72. The monoisotopic (exact) mass is 414 g/mol. The Balaban J connectivity index is 2.35. The zero-order valence-electron chi connectivity index (χ0n) is 16.2. The summed E-state index contributed by atoms with van der Waals surface area (Å²) in [5.74, 6) is -1.07. The highest BCUT2D eigenvalue weighted by Crippen LogP contribution is 2.36. The summed E-state index contributed by atoms with van der Waals surface area (Å²) in [4.78, 5) is 29.8. The lowest BCUT2D eigenvalue weighted by molar-refractivity contribution is 0.0479. The molecule has 7 nitrogen and oxygen atoms in total. The lowest BCUT2D eigenvalue weighted by Gasteiger charge is -2.15. The van der Waals surface area contributed by atoms with Crippen LogP contribution in [0.2, 0.25) is 5.02 Å². The SMILES string of the molecule is CCOC(=O)c1cnc(-c2ccc(Cl)cc2)c(-c2cc(C)no2)c1C(=O)OCC. The first-order chi connectivity index (χ1) is 14.0. The van der Waals surface area contributed by atoms with Gasteiger partial charge in [-0.2, -0.15) is 0 Å². The fourth-order valence-corrected chi connectivity index (χ4v) is 2.96. The molecule has 0 spiro atoms. The van der Waals surface area contributed by atoms with Crippen LogP contribution in [0.15, 0.2) is 41.1 Å². The quantitative estimate of drug-likeness (QED) is 0.539. The Morgan fingerprint density at radius 2 is 1.72 bits per heavy atom. The van der Waals surface area contributed by atoms with Crippen molar-refractivity contribution in [2.75, 3.05) is 13.2 Å². The molecular weight excluding hydrogens is 396 g/mol. The van der Waals surface area contributed by atoms with E-state index in [1.54, 1.807) is 51.1 Å². The first kappa shape index (κ1) is 20.5. The van der Waals surface area contributed by atoms with Crippen molar-refractivity contribution in [2.45, 2.75) is 20.8 Å². The Morgan fingerprint density at radius 3 is 2.31 bits per heavy atom. The highest BCUT2D eigenvalue weighted by Gasteiger charge is 2.29. The summed E-state index contributed by atoms with van der Waals surface area (Å²) in [6.45, 7) is 5.40. The van der Waals surface area contributed by atoms with Gasteiger partial charge in [0.05, 0.1) is 41.3 Å². The van der Waals surface area contributed by atoms with Crippen molar-refractivity contribution in [3.8, 4) is 22.6 Å². The van der Waals surface area contributed by atoms with Crippen LogP contribution < -0.4 is 0 Å². The Bertz CT molecular complexity index is 1040. The Labute approximate surface area is 172 Å². The number of esters is 2. The normalized spacial score (nSPS) is 10.6. The van der Waals surface area contributed by atoms with E-state index in [0.717, 1.165) is 0 Å². The van der Waals surface area contributed by atoms with Crippen molar-refractivity contribution in [1.82, 2.24) is 10.1 Å². The van der Waals surface area contributed by atoms with E-state index in [1.807, 2.05) is 0 Å². The number of nitrogens with zero attached hydrogens (tertiary/aromatic N) is 2. The van der Waals surface area contributed by atoms with Crippen molar-refractivity contribution < 1.29 is 23.6 Å². The highest BCUT2D eigenvalue weighted by atomic mass is 35.5. The summed E-state index contributed by atoms with van der Waals surface area (Å²) in [7, 11) is 0. The number of hydrogen-bond donors (Lipinski definition) is 0. The van der Waals surface area contributed by atoms with Crippen molar-refractivity contribution in [1.29, 1.82) is 0 Å². The van der Waals surface area contributed by atoms with Gasteiger partial charge in [0.2, 0.25) is 0 Å². The lowest BCUT2D eigenvalue weighted by Crippen LogP contribution is -2.17. The average Bonchev–Trinajstić information content (AvgIpc) is 3.14. The van der Waals surface area contributed by atoms with Gasteiger partial charge in [-0.3, -0.25) is 4.98 Å². The Morgan fingerprint density at radius 1 is 1.07 bits per heavy atom. The number of aryl methyl sites for hydroxylation is 1. The summed E-state index contributed by atoms with van der Waals surface area (Å²) < 4.78 is 15.7. The van der Waals surface area contributed by atoms with Gasteiger partial charge in [0.25, 0.3) is 0 Å². The van der Waals surface area contributed by atoms with Gasteiger partial charge in [-0.15, -0.1) is 0 Å². The van der Waals surface area contributed by atoms with Crippen LogP contribution in [-0.4, -0.2) is 35.3 Å². The van der Waals surface area contributed by atoms with Crippen molar-refractivity contribution >= 4 is 23.5 Å². The number of aromatic nitrogens is 2. The molecule has 0 saturated carbocycles.